The lowest BCUT2D eigenvalue weighted by Crippen LogP contribution is -2.18. The first-order chi connectivity index (χ1) is 16.8. The van der Waals surface area contributed by atoms with Gasteiger partial charge in [-0.25, -0.2) is 9.59 Å². The minimum Gasteiger partial charge on any atom is -0.507 e. The average Bonchev–Trinajstić information content (AvgIpc) is 3.25. The van der Waals surface area contributed by atoms with E-state index in [2.05, 4.69) is 38.0 Å². The van der Waals surface area contributed by atoms with Crippen molar-refractivity contribution in [3.05, 3.63) is 64.7 Å². The van der Waals surface area contributed by atoms with Crippen molar-refractivity contribution in [2.24, 2.45) is 0 Å². The second-order valence-electron chi connectivity index (χ2n) is 6.95. The second-order valence-corrected chi connectivity index (χ2v) is 8.81. The molecule has 0 bridgehead atoms. The number of anilines is 1. The van der Waals surface area contributed by atoms with E-state index in [0.717, 1.165) is 16.2 Å². The molecule has 2 aromatic carbocycles. The number of benzene rings is 2. The molecule has 1 heterocycles. The number of carbonyl (C=O) groups excluding carboxylic acids is 3. The number of hydrogen-bond donors (Lipinski definition) is 2. The van der Waals surface area contributed by atoms with E-state index in [1.807, 2.05) is 0 Å². The number of phenolic OH excluding ortho intramolecular Hbond substituents is 1. The summed E-state index contributed by atoms with van der Waals surface area (Å²) in [6.07, 6.45) is 1.65. The van der Waals surface area contributed by atoms with Crippen LogP contribution in [-0.4, -0.2) is 57.7 Å². The molecule has 0 aliphatic rings. The molecule has 12 heteroatoms. The van der Waals surface area contributed by atoms with Gasteiger partial charge in [0.2, 0.25) is 5.91 Å². The number of halogens is 1. The van der Waals surface area contributed by atoms with E-state index in [9.17, 15) is 19.5 Å². The van der Waals surface area contributed by atoms with Gasteiger partial charge in [0.15, 0.2) is 11.0 Å². The summed E-state index contributed by atoms with van der Waals surface area (Å²) in [5, 5.41) is 21.7. The number of rotatable bonds is 9. The topological polar surface area (TPSA) is 133 Å². The summed E-state index contributed by atoms with van der Waals surface area (Å²) in [6, 6.07) is 9.06. The highest BCUT2D eigenvalue weighted by atomic mass is 79.9. The highest BCUT2D eigenvalue weighted by molar-refractivity contribution is 9.10. The molecule has 35 heavy (non-hydrogen) atoms. The van der Waals surface area contributed by atoms with Crippen molar-refractivity contribution in [3.63, 3.8) is 0 Å². The Balaban J connectivity index is 1.82. The summed E-state index contributed by atoms with van der Waals surface area (Å²) in [6.45, 7) is 4.09. The van der Waals surface area contributed by atoms with Crippen LogP contribution in [0.4, 0.5) is 5.69 Å². The Morgan fingerprint density at radius 3 is 2.57 bits per heavy atom. The lowest BCUT2D eigenvalue weighted by molar-refractivity contribution is -0.113. The maximum absolute atomic E-state index is 12.7. The van der Waals surface area contributed by atoms with Crippen LogP contribution in [0.5, 0.6) is 5.75 Å². The first-order valence-electron chi connectivity index (χ1n) is 10.0. The molecule has 0 aliphatic heterocycles. The molecule has 0 spiro atoms. The first-order valence-corrected chi connectivity index (χ1v) is 11.8. The van der Waals surface area contributed by atoms with Gasteiger partial charge >= 0.3 is 11.9 Å². The zero-order chi connectivity index (χ0) is 25.5. The number of allylic oxidation sites excluding steroid dienone is 1. The van der Waals surface area contributed by atoms with E-state index in [1.54, 1.807) is 22.8 Å². The van der Waals surface area contributed by atoms with Crippen molar-refractivity contribution in [3.8, 4) is 17.1 Å². The molecule has 182 valence electrons. The third kappa shape index (κ3) is 6.08. The van der Waals surface area contributed by atoms with Crippen LogP contribution in [-0.2, 0) is 20.8 Å². The predicted octanol–water partition coefficient (Wildman–Crippen LogP) is 3.90. The van der Waals surface area contributed by atoms with E-state index >= 15 is 0 Å². The fraction of sp³-hybridized carbons (Fsp3) is 0.174. The van der Waals surface area contributed by atoms with Crippen LogP contribution in [0.15, 0.2) is 58.7 Å². The Labute approximate surface area is 213 Å². The molecule has 0 saturated heterocycles. The number of aromatic hydroxyl groups is 1. The van der Waals surface area contributed by atoms with Crippen molar-refractivity contribution in [2.45, 2.75) is 11.7 Å². The molecule has 3 rings (SSSR count). The van der Waals surface area contributed by atoms with Gasteiger partial charge in [-0.2, -0.15) is 0 Å². The van der Waals surface area contributed by atoms with E-state index in [1.165, 1.54) is 38.5 Å². The maximum Gasteiger partial charge on any atom is 0.339 e. The maximum atomic E-state index is 12.7. The lowest BCUT2D eigenvalue weighted by Gasteiger charge is -2.12. The van der Waals surface area contributed by atoms with Crippen LogP contribution in [0.3, 0.4) is 0 Å². The second kappa shape index (κ2) is 11.7. The van der Waals surface area contributed by atoms with Gasteiger partial charge in [-0.3, -0.25) is 9.36 Å². The number of amides is 1. The van der Waals surface area contributed by atoms with Crippen LogP contribution in [0.25, 0.3) is 11.4 Å². The lowest BCUT2D eigenvalue weighted by atomic mass is 10.1. The van der Waals surface area contributed by atoms with E-state index in [4.69, 9.17) is 9.47 Å². The van der Waals surface area contributed by atoms with E-state index in [0.29, 0.717) is 23.1 Å². The highest BCUT2D eigenvalue weighted by Gasteiger charge is 2.20. The van der Waals surface area contributed by atoms with Crippen molar-refractivity contribution in [2.75, 3.05) is 25.3 Å². The molecule has 0 aliphatic carbocycles. The number of aromatic nitrogens is 3. The number of ether oxygens (including phenoxy) is 2. The van der Waals surface area contributed by atoms with E-state index in [-0.39, 0.29) is 28.3 Å². The number of hydrogen-bond acceptors (Lipinski definition) is 9. The highest BCUT2D eigenvalue weighted by Crippen LogP contribution is 2.33. The number of carbonyl (C=O) groups is 3. The summed E-state index contributed by atoms with van der Waals surface area (Å²) < 4.78 is 11.9. The Bertz CT molecular complexity index is 1290. The van der Waals surface area contributed by atoms with Crippen LogP contribution in [0.2, 0.25) is 0 Å². The molecule has 1 amide bonds. The number of nitrogens with one attached hydrogen (secondary N) is 1. The minimum absolute atomic E-state index is 0.0287. The molecular weight excluding hydrogens is 540 g/mol. The smallest absolute Gasteiger partial charge is 0.339 e. The summed E-state index contributed by atoms with van der Waals surface area (Å²) in [5.41, 5.74) is 0.818. The minimum atomic E-state index is -0.673. The molecular formula is C23H21BrN4O6S. The molecule has 2 N–H and O–H groups in total. The molecule has 0 radical (unpaired) electrons. The largest absolute Gasteiger partial charge is 0.507 e. The summed E-state index contributed by atoms with van der Waals surface area (Å²) >= 11 is 4.48. The van der Waals surface area contributed by atoms with Gasteiger partial charge in [0.05, 0.1) is 42.4 Å². The number of phenols is 1. The van der Waals surface area contributed by atoms with Gasteiger partial charge in [-0.1, -0.05) is 33.8 Å². The molecule has 3 aromatic rings. The van der Waals surface area contributed by atoms with Crippen LogP contribution in [0.1, 0.15) is 20.7 Å². The van der Waals surface area contributed by atoms with Crippen molar-refractivity contribution >= 4 is 51.2 Å². The average molecular weight is 561 g/mol. The Morgan fingerprint density at radius 2 is 1.89 bits per heavy atom. The molecule has 0 saturated carbocycles. The zero-order valence-corrected chi connectivity index (χ0v) is 21.2. The normalized spacial score (nSPS) is 10.5. The molecule has 1 aromatic heterocycles. The van der Waals surface area contributed by atoms with Crippen LogP contribution < -0.4 is 5.32 Å². The molecule has 0 fully saturated rings. The molecule has 0 unspecified atom stereocenters. The predicted molar refractivity (Wildman–Crippen MR) is 133 cm³/mol. The van der Waals surface area contributed by atoms with Gasteiger partial charge < -0.3 is 19.9 Å². The van der Waals surface area contributed by atoms with Gasteiger partial charge in [0.1, 0.15) is 5.75 Å². The van der Waals surface area contributed by atoms with Crippen molar-refractivity contribution < 1.29 is 29.0 Å². The van der Waals surface area contributed by atoms with Gasteiger partial charge in [0, 0.05) is 11.0 Å². The first kappa shape index (κ1) is 26.0. The molecule has 0 atom stereocenters. The summed E-state index contributed by atoms with van der Waals surface area (Å²) in [4.78, 5) is 36.7. The standard InChI is InChI=1S/C23H21BrN4O6S/c1-4-9-28-20(16-11-14(24)6-8-18(16)29)26-27-23(28)35-12-19(30)25-17-10-13(21(31)33-2)5-7-15(17)22(32)34-3/h4-8,10-11,29H,1,9,12H2,2-3H3,(H,25,30). The third-order valence-electron chi connectivity index (χ3n) is 4.68. The third-order valence-corrected chi connectivity index (χ3v) is 6.14. The van der Waals surface area contributed by atoms with Gasteiger partial charge in [0.25, 0.3) is 0 Å². The summed E-state index contributed by atoms with van der Waals surface area (Å²) in [7, 11) is 2.44. The monoisotopic (exact) mass is 560 g/mol. The number of methoxy groups -OCH3 is 2. The van der Waals surface area contributed by atoms with Crippen molar-refractivity contribution in [1.82, 2.24) is 14.8 Å². The van der Waals surface area contributed by atoms with Crippen LogP contribution in [0, 0.1) is 0 Å². The SMILES string of the molecule is C=CCn1c(SCC(=O)Nc2cc(C(=O)OC)ccc2C(=O)OC)nnc1-c1cc(Br)ccc1O. The Hall–Kier alpha value is -3.64. The van der Waals surface area contributed by atoms with Crippen LogP contribution >= 0.6 is 27.7 Å². The van der Waals surface area contributed by atoms with Gasteiger partial charge in [-0.15, -0.1) is 16.8 Å². The fourth-order valence-electron chi connectivity index (χ4n) is 3.07. The van der Waals surface area contributed by atoms with E-state index < -0.39 is 17.8 Å². The fourth-order valence-corrected chi connectivity index (χ4v) is 4.18. The molecule has 10 nitrogen and oxygen atoms in total. The quantitative estimate of drug-likeness (QED) is 0.227. The Kier molecular flexibility index (Phi) is 8.66. The number of thioether (sulfide) groups is 1. The summed E-state index contributed by atoms with van der Waals surface area (Å²) in [5.74, 6) is -1.39. The number of nitrogens with zero attached hydrogens (tertiary/aromatic N) is 3. The van der Waals surface area contributed by atoms with Crippen molar-refractivity contribution in [1.29, 1.82) is 0 Å². The van der Waals surface area contributed by atoms with Gasteiger partial charge in [-0.05, 0) is 36.4 Å². The zero-order valence-electron chi connectivity index (χ0n) is 18.8. The Morgan fingerprint density at radius 1 is 1.14 bits per heavy atom. The number of esters is 2.